The lowest BCUT2D eigenvalue weighted by atomic mass is 10.1. The van der Waals surface area contributed by atoms with Crippen LogP contribution in [0.5, 0.6) is 0 Å². The van der Waals surface area contributed by atoms with E-state index < -0.39 is 11.7 Å². The molecule has 0 spiro atoms. The first-order chi connectivity index (χ1) is 11.8. The molecule has 3 heterocycles. The Hall–Kier alpha value is -2.11. The normalized spacial score (nSPS) is 12.2. The van der Waals surface area contributed by atoms with E-state index in [9.17, 15) is 13.2 Å². The summed E-state index contributed by atoms with van der Waals surface area (Å²) in [5.41, 5.74) is 0.0728. The van der Waals surface area contributed by atoms with Gasteiger partial charge in [0.1, 0.15) is 9.88 Å². The number of nitrogens with zero attached hydrogens (tertiary/aromatic N) is 6. The molecule has 0 fully saturated rings. The Morgan fingerprint density at radius 2 is 1.96 bits per heavy atom. The number of halogens is 4. The van der Waals surface area contributed by atoms with Crippen molar-refractivity contribution < 1.29 is 13.2 Å². The third-order valence-corrected chi connectivity index (χ3v) is 5.46. The first-order valence-corrected chi connectivity index (χ1v) is 8.70. The largest absolute Gasteiger partial charge is 0.416 e. The topological polar surface area (TPSA) is 68.9 Å². The van der Waals surface area contributed by atoms with Gasteiger partial charge in [0.05, 0.1) is 16.3 Å². The van der Waals surface area contributed by atoms with Gasteiger partial charge in [-0.3, -0.25) is 0 Å². The van der Waals surface area contributed by atoms with E-state index >= 15 is 0 Å². The summed E-state index contributed by atoms with van der Waals surface area (Å²) in [5.74, 6) is 0.438. The molecule has 0 bridgehead atoms. The Kier molecular flexibility index (Phi) is 3.74. The maximum atomic E-state index is 13.0. The van der Waals surface area contributed by atoms with Crippen molar-refractivity contribution in [1.82, 2.24) is 29.4 Å². The summed E-state index contributed by atoms with van der Waals surface area (Å²) in [5, 5.41) is 16.8. The second-order valence-corrected chi connectivity index (χ2v) is 7.12. The summed E-state index contributed by atoms with van der Waals surface area (Å²) in [7, 11) is 0. The monoisotopic (exact) mass is 402 g/mol. The van der Waals surface area contributed by atoms with Gasteiger partial charge in [-0.2, -0.15) is 22.8 Å². The summed E-state index contributed by atoms with van der Waals surface area (Å²) in [6, 6.07) is 3.12. The van der Waals surface area contributed by atoms with Gasteiger partial charge in [0.25, 0.3) is 0 Å². The van der Waals surface area contributed by atoms with Gasteiger partial charge in [-0.15, -0.1) is 15.3 Å². The van der Waals surface area contributed by atoms with E-state index in [4.69, 9.17) is 11.6 Å². The lowest BCUT2D eigenvalue weighted by Crippen LogP contribution is -2.04. The summed E-state index contributed by atoms with van der Waals surface area (Å²) in [6.45, 7) is 1.77. The number of fused-ring (bicyclic) bond motifs is 1. The zero-order valence-corrected chi connectivity index (χ0v) is 14.6. The maximum Gasteiger partial charge on any atom is 0.416 e. The van der Waals surface area contributed by atoms with Gasteiger partial charge in [-0.05, 0) is 36.7 Å². The first kappa shape index (κ1) is 16.4. The summed E-state index contributed by atoms with van der Waals surface area (Å²) < 4.78 is 44.2. The molecule has 0 N–H and O–H groups in total. The maximum absolute atomic E-state index is 13.0. The van der Waals surface area contributed by atoms with Crippen LogP contribution in [0, 0.1) is 6.92 Å². The van der Waals surface area contributed by atoms with Gasteiger partial charge in [0.15, 0.2) is 5.82 Å². The van der Waals surface area contributed by atoms with Crippen LogP contribution in [0.3, 0.4) is 0 Å². The van der Waals surface area contributed by atoms with Crippen LogP contribution in [-0.4, -0.2) is 29.4 Å². The minimum absolute atomic E-state index is 0.176. The molecular formula is C13H6ClF3N6S2. The zero-order chi connectivity index (χ0) is 17.8. The summed E-state index contributed by atoms with van der Waals surface area (Å²) >= 11 is 8.32. The van der Waals surface area contributed by atoms with E-state index in [1.807, 2.05) is 0 Å². The molecule has 0 aliphatic heterocycles. The predicted molar refractivity (Wildman–Crippen MR) is 87.7 cm³/mol. The molecule has 6 nitrogen and oxygen atoms in total. The smallest absolute Gasteiger partial charge is 0.181 e. The fraction of sp³-hybridized carbons (Fsp3) is 0.154. The van der Waals surface area contributed by atoms with Gasteiger partial charge in [-0.25, -0.2) is 0 Å². The number of hydrogen-bond acceptors (Lipinski definition) is 7. The summed E-state index contributed by atoms with van der Waals surface area (Å²) in [6.07, 6.45) is -4.46. The van der Waals surface area contributed by atoms with E-state index in [1.165, 1.54) is 10.6 Å². The molecule has 25 heavy (non-hydrogen) atoms. The van der Waals surface area contributed by atoms with Crippen molar-refractivity contribution in [2.45, 2.75) is 13.1 Å². The SMILES string of the molecule is Cc1nnsc1-c1nnc2sc(-c3cc(C(F)(F)F)ccc3Cl)nn12. The zero-order valence-electron chi connectivity index (χ0n) is 12.2. The third-order valence-electron chi connectivity index (χ3n) is 3.37. The average Bonchev–Trinajstić information content (AvgIpc) is 3.22. The number of hydrogen-bond donors (Lipinski definition) is 0. The Morgan fingerprint density at radius 1 is 1.16 bits per heavy atom. The number of aryl methyl sites for hydroxylation is 1. The van der Waals surface area contributed by atoms with Gasteiger partial charge < -0.3 is 0 Å². The second-order valence-electron chi connectivity index (χ2n) is 5.01. The quantitative estimate of drug-likeness (QED) is 0.498. The van der Waals surface area contributed by atoms with E-state index in [2.05, 4.69) is 24.9 Å². The van der Waals surface area contributed by atoms with Crippen LogP contribution >= 0.6 is 34.5 Å². The van der Waals surface area contributed by atoms with Crippen LogP contribution in [0.15, 0.2) is 18.2 Å². The molecule has 0 saturated heterocycles. The first-order valence-electron chi connectivity index (χ1n) is 6.73. The van der Waals surface area contributed by atoms with Crippen molar-refractivity contribution in [3.63, 3.8) is 0 Å². The van der Waals surface area contributed by atoms with Crippen LogP contribution in [0.25, 0.3) is 26.2 Å². The van der Waals surface area contributed by atoms with Crippen molar-refractivity contribution in [2.24, 2.45) is 0 Å². The number of alkyl halides is 3. The highest BCUT2D eigenvalue weighted by atomic mass is 35.5. The highest BCUT2D eigenvalue weighted by Crippen LogP contribution is 2.38. The number of rotatable bonds is 2. The van der Waals surface area contributed by atoms with E-state index in [-0.39, 0.29) is 10.6 Å². The van der Waals surface area contributed by atoms with Crippen molar-refractivity contribution in [2.75, 3.05) is 0 Å². The highest BCUT2D eigenvalue weighted by Gasteiger charge is 2.31. The van der Waals surface area contributed by atoms with Gasteiger partial charge in [0, 0.05) is 5.56 Å². The minimum Gasteiger partial charge on any atom is -0.181 e. The molecule has 0 amide bonds. The number of aromatic nitrogens is 6. The molecule has 0 aliphatic rings. The standard InChI is InChI=1S/C13H6ClF3N6S2/c1-5-9(25-22-18-5)10-19-20-12-23(10)21-11(24-12)7-4-6(13(15,16)17)2-3-8(7)14/h2-4H,1H3. The summed E-state index contributed by atoms with van der Waals surface area (Å²) in [4.78, 5) is 1.13. The molecule has 0 atom stereocenters. The molecular weight excluding hydrogens is 397 g/mol. The predicted octanol–water partition coefficient (Wildman–Crippen LogP) is 4.35. The van der Waals surface area contributed by atoms with Gasteiger partial charge in [-0.1, -0.05) is 27.4 Å². The van der Waals surface area contributed by atoms with Crippen molar-refractivity contribution in [3.05, 3.63) is 34.5 Å². The van der Waals surface area contributed by atoms with Crippen LogP contribution < -0.4 is 0 Å². The molecule has 4 aromatic rings. The molecule has 12 heteroatoms. The Bertz CT molecular complexity index is 1080. The lowest BCUT2D eigenvalue weighted by molar-refractivity contribution is -0.137. The second kappa shape index (κ2) is 5.71. The van der Waals surface area contributed by atoms with Crippen LogP contribution in [-0.2, 0) is 6.18 Å². The van der Waals surface area contributed by atoms with Crippen LogP contribution in [0.4, 0.5) is 13.2 Å². The fourth-order valence-electron chi connectivity index (χ4n) is 2.17. The highest BCUT2D eigenvalue weighted by molar-refractivity contribution is 7.20. The third kappa shape index (κ3) is 2.77. The fourth-order valence-corrected chi connectivity index (χ4v) is 3.93. The van der Waals surface area contributed by atoms with E-state index in [0.29, 0.717) is 26.4 Å². The lowest BCUT2D eigenvalue weighted by Gasteiger charge is -2.08. The minimum atomic E-state index is -4.46. The molecule has 128 valence electrons. The van der Waals surface area contributed by atoms with E-state index in [1.54, 1.807) is 6.92 Å². The molecule has 3 aromatic heterocycles. The molecule has 1 aromatic carbocycles. The Balaban J connectivity index is 1.87. The van der Waals surface area contributed by atoms with Crippen molar-refractivity contribution in [1.29, 1.82) is 0 Å². The molecule has 4 rings (SSSR count). The van der Waals surface area contributed by atoms with E-state index in [0.717, 1.165) is 35.0 Å². The van der Waals surface area contributed by atoms with Crippen LogP contribution in [0.2, 0.25) is 5.02 Å². The van der Waals surface area contributed by atoms with Crippen molar-refractivity contribution in [3.8, 4) is 21.3 Å². The Morgan fingerprint density at radius 3 is 2.64 bits per heavy atom. The molecule has 0 unspecified atom stereocenters. The van der Waals surface area contributed by atoms with Crippen molar-refractivity contribution >= 4 is 39.4 Å². The van der Waals surface area contributed by atoms with Crippen LogP contribution in [0.1, 0.15) is 11.3 Å². The van der Waals surface area contributed by atoms with Gasteiger partial charge in [0.2, 0.25) is 4.96 Å². The number of benzene rings is 1. The molecule has 0 aliphatic carbocycles. The van der Waals surface area contributed by atoms with Gasteiger partial charge >= 0.3 is 6.18 Å². The Labute approximate surface area is 151 Å². The molecule has 0 saturated carbocycles. The average molecular weight is 403 g/mol. The molecule has 0 radical (unpaired) electrons.